The van der Waals surface area contributed by atoms with Gasteiger partial charge >= 0.3 is 0 Å². The van der Waals surface area contributed by atoms with E-state index in [9.17, 15) is 0 Å². The van der Waals surface area contributed by atoms with Crippen molar-refractivity contribution in [3.05, 3.63) is 54.9 Å². The summed E-state index contributed by atoms with van der Waals surface area (Å²) in [6.07, 6.45) is 11.0. The van der Waals surface area contributed by atoms with Gasteiger partial charge in [0.15, 0.2) is 11.6 Å². The molecule has 1 unspecified atom stereocenters. The van der Waals surface area contributed by atoms with Crippen molar-refractivity contribution >= 4 is 17.3 Å². The summed E-state index contributed by atoms with van der Waals surface area (Å²) in [6.45, 7) is 2.05. The molecule has 0 aromatic carbocycles. The SMILES string of the molecule is CC(Nc1nc(-c2cnn(C)c2)cnc1N)c1ccc2nccn2c1. The number of aryl methyl sites for hydroxylation is 1. The normalized spacial score (nSPS) is 12.4. The molecular formula is C17H18N8. The molecular weight excluding hydrogens is 316 g/mol. The van der Waals surface area contributed by atoms with Crippen LogP contribution in [0.2, 0.25) is 0 Å². The molecule has 25 heavy (non-hydrogen) atoms. The Morgan fingerprint density at radius 3 is 2.84 bits per heavy atom. The molecule has 0 aliphatic rings. The molecule has 0 saturated carbocycles. The van der Waals surface area contributed by atoms with Gasteiger partial charge in [-0.2, -0.15) is 5.10 Å². The summed E-state index contributed by atoms with van der Waals surface area (Å²) in [5.41, 5.74) is 9.63. The molecule has 0 fully saturated rings. The van der Waals surface area contributed by atoms with E-state index < -0.39 is 0 Å². The zero-order valence-electron chi connectivity index (χ0n) is 14.0. The molecule has 0 amide bonds. The van der Waals surface area contributed by atoms with Crippen molar-refractivity contribution in [1.82, 2.24) is 29.1 Å². The van der Waals surface area contributed by atoms with Crippen LogP contribution in [-0.4, -0.2) is 29.1 Å². The number of nitrogens with two attached hydrogens (primary N) is 1. The van der Waals surface area contributed by atoms with Crippen molar-refractivity contribution in [2.75, 3.05) is 11.1 Å². The highest BCUT2D eigenvalue weighted by atomic mass is 15.2. The van der Waals surface area contributed by atoms with E-state index in [0.29, 0.717) is 11.6 Å². The highest BCUT2D eigenvalue weighted by molar-refractivity contribution is 5.64. The Morgan fingerprint density at radius 2 is 2.04 bits per heavy atom. The fourth-order valence-electron chi connectivity index (χ4n) is 2.68. The van der Waals surface area contributed by atoms with Crippen LogP contribution in [0, 0.1) is 0 Å². The first-order valence-corrected chi connectivity index (χ1v) is 7.91. The Bertz CT molecular complexity index is 1030. The second-order valence-electron chi connectivity index (χ2n) is 5.91. The predicted molar refractivity (Wildman–Crippen MR) is 95.9 cm³/mol. The molecule has 3 N–H and O–H groups in total. The van der Waals surface area contributed by atoms with Gasteiger partial charge in [0.1, 0.15) is 5.65 Å². The Balaban J connectivity index is 1.62. The van der Waals surface area contributed by atoms with Crippen molar-refractivity contribution in [2.45, 2.75) is 13.0 Å². The number of aromatic nitrogens is 6. The van der Waals surface area contributed by atoms with Gasteiger partial charge < -0.3 is 15.5 Å². The van der Waals surface area contributed by atoms with Crippen molar-refractivity contribution < 1.29 is 0 Å². The maximum Gasteiger partial charge on any atom is 0.170 e. The molecule has 1 atom stereocenters. The Labute approximate surface area is 144 Å². The molecule has 126 valence electrons. The van der Waals surface area contributed by atoms with Crippen LogP contribution in [0.1, 0.15) is 18.5 Å². The average molecular weight is 334 g/mol. The lowest BCUT2D eigenvalue weighted by molar-refractivity contribution is 0.768. The minimum atomic E-state index is 0.00699. The van der Waals surface area contributed by atoms with E-state index in [1.54, 1.807) is 23.3 Å². The first-order chi connectivity index (χ1) is 12.1. The molecule has 4 aromatic rings. The van der Waals surface area contributed by atoms with Gasteiger partial charge in [0, 0.05) is 37.4 Å². The number of nitrogen functional groups attached to an aromatic ring is 1. The summed E-state index contributed by atoms with van der Waals surface area (Å²) >= 11 is 0. The highest BCUT2D eigenvalue weighted by Gasteiger charge is 2.12. The number of imidazole rings is 1. The van der Waals surface area contributed by atoms with E-state index in [-0.39, 0.29) is 6.04 Å². The van der Waals surface area contributed by atoms with Crippen LogP contribution >= 0.6 is 0 Å². The maximum atomic E-state index is 6.00. The Morgan fingerprint density at radius 1 is 1.16 bits per heavy atom. The van der Waals surface area contributed by atoms with E-state index >= 15 is 0 Å². The molecule has 0 spiro atoms. The number of fused-ring (bicyclic) bond motifs is 1. The lowest BCUT2D eigenvalue weighted by Crippen LogP contribution is -2.11. The van der Waals surface area contributed by atoms with E-state index in [1.807, 2.05) is 42.2 Å². The first-order valence-electron chi connectivity index (χ1n) is 7.91. The van der Waals surface area contributed by atoms with Gasteiger partial charge in [0.2, 0.25) is 0 Å². The average Bonchev–Trinajstić information content (AvgIpc) is 3.24. The molecule has 4 heterocycles. The molecule has 0 aliphatic heterocycles. The number of pyridine rings is 1. The smallest absolute Gasteiger partial charge is 0.170 e. The van der Waals surface area contributed by atoms with Crippen molar-refractivity contribution in [1.29, 1.82) is 0 Å². The fraction of sp³-hybridized carbons (Fsp3) is 0.176. The quantitative estimate of drug-likeness (QED) is 0.594. The molecule has 0 radical (unpaired) electrons. The third-order valence-electron chi connectivity index (χ3n) is 4.07. The molecule has 8 nitrogen and oxygen atoms in total. The number of rotatable bonds is 4. The number of nitrogens with one attached hydrogen (secondary N) is 1. The molecule has 8 heteroatoms. The van der Waals surface area contributed by atoms with Crippen LogP contribution in [0.4, 0.5) is 11.6 Å². The van der Waals surface area contributed by atoms with Gasteiger partial charge in [-0.25, -0.2) is 15.0 Å². The standard InChI is InChI=1S/C17H18N8/c1-11(12-3-4-15-19-5-6-25(15)10-12)22-17-16(18)20-8-14(23-17)13-7-21-24(2)9-13/h3-11H,1-2H3,(H2,18,20)(H,22,23). The van der Waals surface area contributed by atoms with Crippen LogP contribution in [0.15, 0.2) is 49.3 Å². The number of nitrogens with zero attached hydrogens (tertiary/aromatic N) is 6. The van der Waals surface area contributed by atoms with Gasteiger partial charge in [-0.1, -0.05) is 6.07 Å². The minimum Gasteiger partial charge on any atom is -0.381 e. The number of anilines is 2. The van der Waals surface area contributed by atoms with E-state index in [0.717, 1.165) is 22.5 Å². The fourth-order valence-corrected chi connectivity index (χ4v) is 2.68. The lowest BCUT2D eigenvalue weighted by Gasteiger charge is -2.16. The van der Waals surface area contributed by atoms with Crippen molar-refractivity contribution in [3.63, 3.8) is 0 Å². The largest absolute Gasteiger partial charge is 0.381 e. The zero-order valence-corrected chi connectivity index (χ0v) is 14.0. The van der Waals surface area contributed by atoms with E-state index in [4.69, 9.17) is 5.73 Å². The number of hydrogen-bond donors (Lipinski definition) is 2. The highest BCUT2D eigenvalue weighted by Crippen LogP contribution is 2.24. The van der Waals surface area contributed by atoms with Gasteiger partial charge in [-0.15, -0.1) is 0 Å². The van der Waals surface area contributed by atoms with Gasteiger partial charge in [-0.3, -0.25) is 4.68 Å². The summed E-state index contributed by atoms with van der Waals surface area (Å²) in [4.78, 5) is 13.1. The first kappa shape index (κ1) is 15.1. The third kappa shape index (κ3) is 2.89. The summed E-state index contributed by atoms with van der Waals surface area (Å²) < 4.78 is 3.71. The molecule has 4 rings (SSSR count). The molecule has 0 bridgehead atoms. The summed E-state index contributed by atoms with van der Waals surface area (Å²) in [5, 5.41) is 7.51. The minimum absolute atomic E-state index is 0.00699. The van der Waals surface area contributed by atoms with Crippen LogP contribution in [-0.2, 0) is 7.05 Å². The monoisotopic (exact) mass is 334 g/mol. The van der Waals surface area contributed by atoms with Crippen LogP contribution in [0.3, 0.4) is 0 Å². The third-order valence-corrected chi connectivity index (χ3v) is 4.07. The second-order valence-corrected chi connectivity index (χ2v) is 5.91. The van der Waals surface area contributed by atoms with Crippen molar-refractivity contribution in [3.8, 4) is 11.3 Å². The molecule has 0 aliphatic carbocycles. The van der Waals surface area contributed by atoms with Gasteiger partial charge in [0.05, 0.1) is 24.1 Å². The molecule has 4 aromatic heterocycles. The Kier molecular flexibility index (Phi) is 3.57. The van der Waals surface area contributed by atoms with Gasteiger partial charge in [-0.05, 0) is 18.6 Å². The number of hydrogen-bond acceptors (Lipinski definition) is 6. The summed E-state index contributed by atoms with van der Waals surface area (Å²) in [5.74, 6) is 0.919. The maximum absolute atomic E-state index is 6.00. The van der Waals surface area contributed by atoms with Gasteiger partial charge in [0.25, 0.3) is 0 Å². The second kappa shape index (κ2) is 5.90. The molecule has 0 saturated heterocycles. The Hall–Kier alpha value is -3.42. The lowest BCUT2D eigenvalue weighted by atomic mass is 10.1. The predicted octanol–water partition coefficient (Wildman–Crippen LogP) is 2.28. The van der Waals surface area contributed by atoms with Crippen molar-refractivity contribution in [2.24, 2.45) is 7.05 Å². The van der Waals surface area contributed by atoms with Crippen LogP contribution in [0.5, 0.6) is 0 Å². The topological polar surface area (TPSA) is 99.0 Å². The van der Waals surface area contributed by atoms with Crippen LogP contribution < -0.4 is 11.1 Å². The summed E-state index contributed by atoms with van der Waals surface area (Å²) in [6, 6.07) is 4.02. The van der Waals surface area contributed by atoms with E-state index in [1.165, 1.54) is 0 Å². The summed E-state index contributed by atoms with van der Waals surface area (Å²) in [7, 11) is 1.86. The van der Waals surface area contributed by atoms with Crippen LogP contribution in [0.25, 0.3) is 16.9 Å². The van der Waals surface area contributed by atoms with E-state index in [2.05, 4.69) is 32.3 Å². The zero-order chi connectivity index (χ0) is 17.4.